The third-order valence-corrected chi connectivity index (χ3v) is 3.39. The zero-order valence-electron chi connectivity index (χ0n) is 13.0. The molecule has 0 bridgehead atoms. The zero-order valence-corrected chi connectivity index (χ0v) is 13.0. The van der Waals surface area contributed by atoms with Crippen LogP contribution >= 0.6 is 0 Å². The number of carbonyl (C=O) groups excluding carboxylic acids is 1. The molecule has 0 aliphatic carbocycles. The average Bonchev–Trinajstić information content (AvgIpc) is 2.53. The Labute approximate surface area is 133 Å². The molecule has 1 heterocycles. The first kappa shape index (κ1) is 15.0. The predicted octanol–water partition coefficient (Wildman–Crippen LogP) is 2.94. The number of esters is 1. The maximum Gasteiger partial charge on any atom is 0.340 e. The summed E-state index contributed by atoms with van der Waals surface area (Å²) in [6, 6.07) is 8.71. The lowest BCUT2D eigenvalue weighted by Gasteiger charge is -2.10. The maximum atomic E-state index is 12.1. The smallest absolute Gasteiger partial charge is 0.340 e. The van der Waals surface area contributed by atoms with Gasteiger partial charge < -0.3 is 15.2 Å². The molecule has 23 heavy (non-hydrogen) atoms. The van der Waals surface area contributed by atoms with Crippen LogP contribution in [0.4, 0.5) is 5.69 Å². The Morgan fingerprint density at radius 3 is 2.61 bits per heavy atom. The van der Waals surface area contributed by atoms with Gasteiger partial charge >= 0.3 is 5.97 Å². The van der Waals surface area contributed by atoms with Crippen molar-refractivity contribution < 1.29 is 14.3 Å². The lowest BCUT2D eigenvalue weighted by atomic mass is 10.1. The van der Waals surface area contributed by atoms with E-state index in [1.807, 2.05) is 6.92 Å². The molecule has 0 aliphatic rings. The fourth-order valence-corrected chi connectivity index (χ4v) is 2.40. The molecule has 3 aromatic rings. The number of hydrogen-bond donors (Lipinski definition) is 1. The van der Waals surface area contributed by atoms with Gasteiger partial charge in [0.25, 0.3) is 0 Å². The molecule has 0 saturated heterocycles. The van der Waals surface area contributed by atoms with Crippen LogP contribution in [0.5, 0.6) is 5.75 Å². The lowest BCUT2D eigenvalue weighted by Crippen LogP contribution is -2.06. The topological polar surface area (TPSA) is 87.3 Å². The summed E-state index contributed by atoms with van der Waals surface area (Å²) < 4.78 is 10.6. The van der Waals surface area contributed by atoms with Crippen LogP contribution in [0, 0.1) is 0 Å². The number of rotatable bonds is 4. The van der Waals surface area contributed by atoms with Crippen molar-refractivity contribution in [2.24, 2.45) is 0 Å². The highest BCUT2D eigenvalue weighted by Gasteiger charge is 2.14. The summed E-state index contributed by atoms with van der Waals surface area (Å²) in [6.07, 6.45) is 0. The fraction of sp³-hybridized carbons (Fsp3) is 0.235. The number of fused-ring (bicyclic) bond motifs is 2. The normalized spacial score (nSPS) is 10.9. The van der Waals surface area contributed by atoms with Gasteiger partial charge in [0.05, 0.1) is 41.0 Å². The number of para-hydroxylation sites is 1. The van der Waals surface area contributed by atoms with E-state index in [9.17, 15) is 4.79 Å². The summed E-state index contributed by atoms with van der Waals surface area (Å²) in [5.74, 6) is 0.148. The number of nitrogens with two attached hydrogens (primary N) is 1. The molecule has 2 N–H and O–H groups in total. The van der Waals surface area contributed by atoms with Crippen molar-refractivity contribution in [2.45, 2.75) is 13.8 Å². The summed E-state index contributed by atoms with van der Waals surface area (Å²) in [5, 5.41) is 0. The Kier molecular flexibility index (Phi) is 3.97. The molecule has 0 atom stereocenters. The first-order chi connectivity index (χ1) is 11.1. The second-order valence-corrected chi connectivity index (χ2v) is 4.93. The molecule has 0 radical (unpaired) electrons. The third kappa shape index (κ3) is 2.75. The van der Waals surface area contributed by atoms with E-state index in [1.165, 1.54) is 0 Å². The highest BCUT2D eigenvalue weighted by atomic mass is 16.5. The highest BCUT2D eigenvalue weighted by molar-refractivity contribution is 6.03. The minimum atomic E-state index is -0.410. The number of anilines is 1. The summed E-state index contributed by atoms with van der Waals surface area (Å²) in [6.45, 7) is 4.46. The van der Waals surface area contributed by atoms with Gasteiger partial charge in [-0.25, -0.2) is 14.8 Å². The van der Waals surface area contributed by atoms with E-state index in [2.05, 4.69) is 9.97 Å². The Bertz CT molecular complexity index is 893. The van der Waals surface area contributed by atoms with Crippen molar-refractivity contribution in [2.75, 3.05) is 18.9 Å². The predicted molar refractivity (Wildman–Crippen MR) is 88.6 cm³/mol. The van der Waals surface area contributed by atoms with Gasteiger partial charge in [0, 0.05) is 6.07 Å². The van der Waals surface area contributed by atoms with Crippen LogP contribution in [-0.2, 0) is 4.74 Å². The molecule has 0 spiro atoms. The van der Waals surface area contributed by atoms with E-state index in [-0.39, 0.29) is 0 Å². The molecule has 1 aromatic heterocycles. The van der Waals surface area contributed by atoms with Gasteiger partial charge in [-0.3, -0.25) is 0 Å². The van der Waals surface area contributed by atoms with Crippen molar-refractivity contribution in [3.8, 4) is 5.75 Å². The van der Waals surface area contributed by atoms with Crippen molar-refractivity contribution in [3.05, 3.63) is 35.9 Å². The molecular weight excluding hydrogens is 294 g/mol. The second kappa shape index (κ2) is 6.08. The van der Waals surface area contributed by atoms with Crippen LogP contribution < -0.4 is 10.5 Å². The van der Waals surface area contributed by atoms with E-state index >= 15 is 0 Å². The van der Waals surface area contributed by atoms with E-state index < -0.39 is 5.97 Å². The Balaban J connectivity index is 2.24. The van der Waals surface area contributed by atoms with Crippen LogP contribution in [0.25, 0.3) is 22.1 Å². The van der Waals surface area contributed by atoms with Gasteiger partial charge in [-0.1, -0.05) is 6.07 Å². The van der Waals surface area contributed by atoms with Gasteiger partial charge in [0.2, 0.25) is 0 Å². The highest BCUT2D eigenvalue weighted by Crippen LogP contribution is 2.28. The summed E-state index contributed by atoms with van der Waals surface area (Å²) >= 11 is 0. The maximum absolute atomic E-state index is 12.1. The first-order valence-electron chi connectivity index (χ1n) is 7.44. The number of benzene rings is 2. The van der Waals surface area contributed by atoms with Crippen LogP contribution in [0.15, 0.2) is 30.3 Å². The quantitative estimate of drug-likeness (QED) is 0.453. The van der Waals surface area contributed by atoms with Gasteiger partial charge in [-0.05, 0) is 32.0 Å². The molecule has 0 saturated carbocycles. The molecule has 0 amide bonds. The van der Waals surface area contributed by atoms with Crippen molar-refractivity contribution >= 4 is 33.7 Å². The van der Waals surface area contributed by atoms with Crippen LogP contribution in [0.1, 0.15) is 24.2 Å². The van der Waals surface area contributed by atoms with Gasteiger partial charge in [-0.2, -0.15) is 0 Å². The van der Waals surface area contributed by atoms with Crippen LogP contribution in [0.3, 0.4) is 0 Å². The van der Waals surface area contributed by atoms with Gasteiger partial charge in [-0.15, -0.1) is 0 Å². The van der Waals surface area contributed by atoms with Gasteiger partial charge in [0.1, 0.15) is 11.3 Å². The van der Waals surface area contributed by atoms with Crippen molar-refractivity contribution in [1.29, 1.82) is 0 Å². The van der Waals surface area contributed by atoms with E-state index in [4.69, 9.17) is 15.2 Å². The number of ether oxygens (including phenoxy) is 2. The Morgan fingerprint density at radius 2 is 1.87 bits per heavy atom. The summed E-state index contributed by atoms with van der Waals surface area (Å²) in [5.41, 5.74) is 9.27. The second-order valence-electron chi connectivity index (χ2n) is 4.93. The molecule has 0 fully saturated rings. The number of nitrogens with zero attached hydrogens (tertiary/aromatic N) is 2. The third-order valence-electron chi connectivity index (χ3n) is 3.39. The standard InChI is InChI=1S/C17H17N3O3/c1-3-22-15-9-14-13(8-11(15)18)19-12-7-5-6-10(16(12)20-14)17(21)23-4-2/h5-9H,3-4,18H2,1-2H3. The molecule has 0 unspecified atom stereocenters. The van der Waals surface area contributed by atoms with E-state index in [0.717, 1.165) is 0 Å². The zero-order chi connectivity index (χ0) is 16.4. The minimum Gasteiger partial charge on any atom is -0.492 e. The molecule has 6 nitrogen and oxygen atoms in total. The van der Waals surface area contributed by atoms with E-state index in [0.29, 0.717) is 52.3 Å². The minimum absolute atomic E-state index is 0.307. The molecule has 0 aliphatic heterocycles. The van der Waals surface area contributed by atoms with Gasteiger partial charge in [0.15, 0.2) is 0 Å². The van der Waals surface area contributed by atoms with Crippen molar-refractivity contribution in [1.82, 2.24) is 9.97 Å². The summed E-state index contributed by atoms with van der Waals surface area (Å²) in [7, 11) is 0. The first-order valence-corrected chi connectivity index (χ1v) is 7.44. The number of nitrogen functional groups attached to an aromatic ring is 1. The average molecular weight is 311 g/mol. The largest absolute Gasteiger partial charge is 0.492 e. The SMILES string of the molecule is CCOC(=O)c1cccc2nc3cc(N)c(OCC)cc3nc12. The van der Waals surface area contributed by atoms with Crippen molar-refractivity contribution in [3.63, 3.8) is 0 Å². The number of carbonyl (C=O) groups is 1. The molecule has 2 aromatic carbocycles. The molecular formula is C17H17N3O3. The molecule has 3 rings (SSSR count). The fourth-order valence-electron chi connectivity index (χ4n) is 2.40. The monoisotopic (exact) mass is 311 g/mol. The Morgan fingerprint density at radius 1 is 1.09 bits per heavy atom. The number of aromatic nitrogens is 2. The van der Waals surface area contributed by atoms with E-state index in [1.54, 1.807) is 37.3 Å². The number of hydrogen-bond acceptors (Lipinski definition) is 6. The molecule has 6 heteroatoms. The molecule has 118 valence electrons. The summed E-state index contributed by atoms with van der Waals surface area (Å²) in [4.78, 5) is 21.2. The lowest BCUT2D eigenvalue weighted by molar-refractivity contribution is 0.0528. The van der Waals surface area contributed by atoms with Crippen LogP contribution in [0.2, 0.25) is 0 Å². The Hall–Kier alpha value is -2.89. The van der Waals surface area contributed by atoms with Crippen LogP contribution in [-0.4, -0.2) is 29.2 Å².